The molecule has 1 rings (SSSR count). The van der Waals surface area contributed by atoms with Gasteiger partial charge >= 0.3 is 6.09 Å². The van der Waals surface area contributed by atoms with Crippen LogP contribution >= 0.6 is 0 Å². The SMILES string of the molecule is C=Cn1cc(CNC(=O)OC(C)(C)C)nc1N(C)C. The lowest BCUT2D eigenvalue weighted by Crippen LogP contribution is -2.32. The van der Waals surface area contributed by atoms with Crippen molar-refractivity contribution in [2.45, 2.75) is 32.9 Å². The van der Waals surface area contributed by atoms with Gasteiger partial charge in [-0.15, -0.1) is 0 Å². The molecule has 0 aliphatic heterocycles. The molecule has 0 unspecified atom stereocenters. The van der Waals surface area contributed by atoms with E-state index in [-0.39, 0.29) is 0 Å². The number of ether oxygens (including phenoxy) is 1. The molecule has 0 bridgehead atoms. The predicted molar refractivity (Wildman–Crippen MR) is 76.0 cm³/mol. The fraction of sp³-hybridized carbons (Fsp3) is 0.538. The molecule has 0 aromatic carbocycles. The number of hydrogen-bond donors (Lipinski definition) is 1. The first-order valence-electron chi connectivity index (χ1n) is 6.07. The molecule has 1 amide bonds. The monoisotopic (exact) mass is 266 g/mol. The second kappa shape index (κ2) is 5.77. The minimum Gasteiger partial charge on any atom is -0.444 e. The van der Waals surface area contributed by atoms with Crippen molar-refractivity contribution in [3.63, 3.8) is 0 Å². The van der Waals surface area contributed by atoms with Crippen LogP contribution in [0, 0.1) is 0 Å². The van der Waals surface area contributed by atoms with Crippen LogP contribution in [-0.2, 0) is 11.3 Å². The summed E-state index contributed by atoms with van der Waals surface area (Å²) in [4.78, 5) is 17.8. The summed E-state index contributed by atoms with van der Waals surface area (Å²) in [6.45, 7) is 9.50. The summed E-state index contributed by atoms with van der Waals surface area (Å²) in [7, 11) is 3.79. The van der Waals surface area contributed by atoms with Crippen molar-refractivity contribution in [1.29, 1.82) is 0 Å². The maximum absolute atomic E-state index is 11.5. The number of carbonyl (C=O) groups is 1. The van der Waals surface area contributed by atoms with Gasteiger partial charge in [0.15, 0.2) is 0 Å². The fourth-order valence-corrected chi connectivity index (χ4v) is 1.46. The number of anilines is 1. The summed E-state index contributed by atoms with van der Waals surface area (Å²) in [6.07, 6.45) is 3.03. The fourth-order valence-electron chi connectivity index (χ4n) is 1.46. The summed E-state index contributed by atoms with van der Waals surface area (Å²) >= 11 is 0. The molecule has 0 aliphatic rings. The maximum Gasteiger partial charge on any atom is 0.407 e. The number of nitrogens with zero attached hydrogens (tertiary/aromatic N) is 3. The van der Waals surface area contributed by atoms with Crippen LogP contribution < -0.4 is 10.2 Å². The molecule has 0 atom stereocenters. The van der Waals surface area contributed by atoms with E-state index in [1.165, 1.54) is 0 Å². The van der Waals surface area contributed by atoms with Crippen LogP contribution in [0.2, 0.25) is 0 Å². The molecule has 1 aromatic rings. The van der Waals surface area contributed by atoms with Crippen LogP contribution in [0.5, 0.6) is 0 Å². The molecule has 6 nitrogen and oxygen atoms in total. The summed E-state index contributed by atoms with van der Waals surface area (Å²) in [5.74, 6) is 0.760. The number of nitrogens with one attached hydrogen (secondary N) is 1. The maximum atomic E-state index is 11.5. The van der Waals surface area contributed by atoms with Gasteiger partial charge in [0.1, 0.15) is 5.60 Å². The minimum atomic E-state index is -0.501. The van der Waals surface area contributed by atoms with Crippen LogP contribution in [0.25, 0.3) is 6.20 Å². The molecule has 1 aromatic heterocycles. The Kier molecular flexibility index (Phi) is 4.58. The zero-order valence-corrected chi connectivity index (χ0v) is 12.2. The van der Waals surface area contributed by atoms with Gasteiger partial charge in [-0.05, 0) is 20.8 Å². The molecule has 0 saturated carbocycles. The molecule has 6 heteroatoms. The molecule has 0 radical (unpaired) electrons. The molecule has 106 valence electrons. The normalized spacial score (nSPS) is 11.0. The molecular weight excluding hydrogens is 244 g/mol. The number of carbonyl (C=O) groups excluding carboxylic acids is 1. The third kappa shape index (κ3) is 4.65. The first kappa shape index (κ1) is 15.1. The third-order valence-electron chi connectivity index (χ3n) is 2.17. The van der Waals surface area contributed by atoms with Gasteiger partial charge in [0.25, 0.3) is 0 Å². The Morgan fingerprint density at radius 2 is 2.21 bits per heavy atom. The van der Waals surface area contributed by atoms with Crippen LogP contribution in [-0.4, -0.2) is 35.3 Å². The van der Waals surface area contributed by atoms with Gasteiger partial charge in [-0.1, -0.05) is 6.58 Å². The standard InChI is InChI=1S/C13H22N4O2/c1-7-17-9-10(15-11(17)16(5)6)8-14-12(18)19-13(2,3)4/h7,9H,1,8H2,2-6H3,(H,14,18). The largest absolute Gasteiger partial charge is 0.444 e. The highest BCUT2D eigenvalue weighted by Gasteiger charge is 2.16. The second-order valence-electron chi connectivity index (χ2n) is 5.37. The van der Waals surface area contributed by atoms with E-state index in [1.807, 2.05) is 46.0 Å². The van der Waals surface area contributed by atoms with Crippen molar-refractivity contribution < 1.29 is 9.53 Å². The second-order valence-corrected chi connectivity index (χ2v) is 5.37. The Bertz CT molecular complexity index is 458. The van der Waals surface area contributed by atoms with Gasteiger partial charge in [0.2, 0.25) is 5.95 Å². The Balaban J connectivity index is 2.64. The lowest BCUT2D eigenvalue weighted by atomic mass is 10.2. The van der Waals surface area contributed by atoms with E-state index in [0.29, 0.717) is 6.54 Å². The van der Waals surface area contributed by atoms with Crippen LogP contribution in [0.4, 0.5) is 10.7 Å². The molecular formula is C13H22N4O2. The summed E-state index contributed by atoms with van der Waals surface area (Å²) in [5.41, 5.74) is 0.244. The third-order valence-corrected chi connectivity index (χ3v) is 2.17. The van der Waals surface area contributed by atoms with E-state index < -0.39 is 11.7 Å². The summed E-state index contributed by atoms with van der Waals surface area (Å²) in [6, 6.07) is 0. The number of imidazole rings is 1. The smallest absolute Gasteiger partial charge is 0.407 e. The van der Waals surface area contributed by atoms with Gasteiger partial charge in [0.05, 0.1) is 12.2 Å². The number of amides is 1. The van der Waals surface area contributed by atoms with E-state index in [2.05, 4.69) is 16.9 Å². The number of hydrogen-bond acceptors (Lipinski definition) is 4. The summed E-state index contributed by atoms with van der Waals surface area (Å²) in [5, 5.41) is 2.67. The first-order valence-corrected chi connectivity index (χ1v) is 6.07. The molecule has 1 heterocycles. The lowest BCUT2D eigenvalue weighted by Gasteiger charge is -2.19. The highest BCUT2D eigenvalue weighted by molar-refractivity contribution is 5.67. The molecule has 0 fully saturated rings. The van der Waals surface area contributed by atoms with Gasteiger partial charge in [-0.3, -0.25) is 4.57 Å². The van der Waals surface area contributed by atoms with Gasteiger partial charge in [-0.2, -0.15) is 0 Å². The highest BCUT2D eigenvalue weighted by atomic mass is 16.6. The van der Waals surface area contributed by atoms with Crippen molar-refractivity contribution in [3.05, 3.63) is 18.5 Å². The van der Waals surface area contributed by atoms with E-state index in [9.17, 15) is 4.79 Å². The van der Waals surface area contributed by atoms with Gasteiger partial charge in [-0.25, -0.2) is 9.78 Å². The zero-order chi connectivity index (χ0) is 14.6. The minimum absolute atomic E-state index is 0.316. The van der Waals surface area contributed by atoms with E-state index in [4.69, 9.17) is 4.74 Å². The lowest BCUT2D eigenvalue weighted by molar-refractivity contribution is 0.0523. The van der Waals surface area contributed by atoms with E-state index in [1.54, 1.807) is 10.8 Å². The topological polar surface area (TPSA) is 59.4 Å². The quantitative estimate of drug-likeness (QED) is 0.906. The van der Waals surface area contributed by atoms with Crippen LogP contribution in [0.3, 0.4) is 0 Å². The predicted octanol–water partition coefficient (Wildman–Crippen LogP) is 2.07. The highest BCUT2D eigenvalue weighted by Crippen LogP contribution is 2.12. The molecule has 19 heavy (non-hydrogen) atoms. The van der Waals surface area contributed by atoms with Gasteiger partial charge in [0, 0.05) is 26.5 Å². The Morgan fingerprint density at radius 3 is 2.63 bits per heavy atom. The van der Waals surface area contributed by atoms with Crippen molar-refractivity contribution in [2.75, 3.05) is 19.0 Å². The number of rotatable bonds is 4. The Labute approximate surface area is 114 Å². The van der Waals surface area contributed by atoms with Crippen molar-refractivity contribution in [1.82, 2.24) is 14.9 Å². The average Bonchev–Trinajstić information content (AvgIpc) is 2.67. The first-order chi connectivity index (χ1) is 8.73. The Morgan fingerprint density at radius 1 is 1.58 bits per heavy atom. The van der Waals surface area contributed by atoms with Crippen LogP contribution in [0.1, 0.15) is 26.5 Å². The molecule has 0 spiro atoms. The van der Waals surface area contributed by atoms with Crippen molar-refractivity contribution in [3.8, 4) is 0 Å². The summed E-state index contributed by atoms with van der Waals surface area (Å²) < 4.78 is 6.95. The number of alkyl carbamates (subject to hydrolysis) is 1. The van der Waals surface area contributed by atoms with Crippen LogP contribution in [0.15, 0.2) is 12.8 Å². The van der Waals surface area contributed by atoms with Crippen molar-refractivity contribution >= 4 is 18.2 Å². The van der Waals surface area contributed by atoms with Gasteiger partial charge < -0.3 is 15.0 Å². The average molecular weight is 266 g/mol. The number of aromatic nitrogens is 2. The molecule has 1 N–H and O–H groups in total. The molecule has 0 aliphatic carbocycles. The Hall–Kier alpha value is -1.98. The molecule has 0 saturated heterocycles. The van der Waals surface area contributed by atoms with E-state index in [0.717, 1.165) is 11.6 Å². The van der Waals surface area contributed by atoms with Crippen molar-refractivity contribution in [2.24, 2.45) is 0 Å². The zero-order valence-electron chi connectivity index (χ0n) is 12.2. The van der Waals surface area contributed by atoms with E-state index >= 15 is 0 Å².